The second-order valence-corrected chi connectivity index (χ2v) is 11.0. The van der Waals surface area contributed by atoms with Crippen LogP contribution in [0.1, 0.15) is 0 Å². The van der Waals surface area contributed by atoms with Crippen molar-refractivity contribution in [1.82, 2.24) is 9.97 Å². The summed E-state index contributed by atoms with van der Waals surface area (Å²) in [6, 6.07) is 40.3. The van der Waals surface area contributed by atoms with Gasteiger partial charge in [0.15, 0.2) is 11.2 Å². The highest BCUT2D eigenvalue weighted by Gasteiger charge is 2.16. The molecule has 206 valence electrons. The van der Waals surface area contributed by atoms with E-state index in [0.717, 1.165) is 77.2 Å². The second kappa shape index (κ2) is 8.69. The zero-order chi connectivity index (χ0) is 28.8. The molecule has 0 aliphatic rings. The standard InChI is InChI=1S/C38H20N2O4/c1-3-7-31-25(5-1)27-17-21(11-15-33(27)41-31)22-9-13-29-35(19-22)43-38(40-29)24-10-14-30-36(20-24)44-37(39-30)23-12-16-34-28(18-23)26-6-2-4-8-32(26)42-34/h1-20H. The third-order valence-corrected chi connectivity index (χ3v) is 8.36. The van der Waals surface area contributed by atoms with Crippen LogP contribution in [-0.4, -0.2) is 9.97 Å². The highest BCUT2D eigenvalue weighted by atomic mass is 16.4. The number of para-hydroxylation sites is 2. The molecular weight excluding hydrogens is 548 g/mol. The first-order chi connectivity index (χ1) is 21.7. The summed E-state index contributed by atoms with van der Waals surface area (Å²) in [5.41, 5.74) is 10.2. The Morgan fingerprint density at radius 1 is 0.318 bits per heavy atom. The molecule has 0 amide bonds. The quantitative estimate of drug-likeness (QED) is 0.211. The lowest BCUT2D eigenvalue weighted by atomic mass is 10.0. The SMILES string of the molecule is c1ccc2c(c1)oc1ccc(-c3ccc4nc(-c5ccc6nc(-c7ccc8oc9ccccc9c8c7)oc6c5)oc4c3)cc12. The van der Waals surface area contributed by atoms with E-state index in [1.807, 2.05) is 84.9 Å². The van der Waals surface area contributed by atoms with Crippen LogP contribution in [0.5, 0.6) is 0 Å². The molecule has 0 N–H and O–H groups in total. The van der Waals surface area contributed by atoms with Gasteiger partial charge in [-0.25, -0.2) is 9.97 Å². The maximum absolute atomic E-state index is 6.28. The minimum Gasteiger partial charge on any atom is -0.456 e. The first kappa shape index (κ1) is 23.4. The molecule has 6 heteroatoms. The van der Waals surface area contributed by atoms with E-state index < -0.39 is 0 Å². The van der Waals surface area contributed by atoms with Crippen LogP contribution in [0.15, 0.2) is 139 Å². The molecule has 10 rings (SSSR count). The molecule has 0 bridgehead atoms. The molecule has 4 heterocycles. The summed E-state index contributed by atoms with van der Waals surface area (Å²) in [7, 11) is 0. The third kappa shape index (κ3) is 3.48. The Bertz CT molecular complexity index is 2630. The van der Waals surface area contributed by atoms with Gasteiger partial charge in [-0.15, -0.1) is 0 Å². The number of aromatic nitrogens is 2. The summed E-state index contributed by atoms with van der Waals surface area (Å²) in [6.45, 7) is 0. The minimum atomic E-state index is 0.527. The Hall–Kier alpha value is -6.14. The van der Waals surface area contributed by atoms with Crippen LogP contribution < -0.4 is 0 Å². The molecule has 0 saturated heterocycles. The van der Waals surface area contributed by atoms with Gasteiger partial charge in [-0.3, -0.25) is 0 Å². The van der Waals surface area contributed by atoms with Crippen molar-refractivity contribution >= 4 is 66.1 Å². The van der Waals surface area contributed by atoms with Gasteiger partial charge in [0.05, 0.1) is 0 Å². The van der Waals surface area contributed by atoms with Crippen molar-refractivity contribution in [2.75, 3.05) is 0 Å². The van der Waals surface area contributed by atoms with Crippen LogP contribution in [0.25, 0.3) is 100 Å². The van der Waals surface area contributed by atoms with E-state index in [-0.39, 0.29) is 0 Å². The molecule has 0 fully saturated rings. The van der Waals surface area contributed by atoms with Gasteiger partial charge < -0.3 is 17.7 Å². The second-order valence-electron chi connectivity index (χ2n) is 11.0. The van der Waals surface area contributed by atoms with Gasteiger partial charge >= 0.3 is 0 Å². The Balaban J connectivity index is 1.01. The van der Waals surface area contributed by atoms with E-state index in [0.29, 0.717) is 22.9 Å². The number of nitrogens with zero attached hydrogens (tertiary/aromatic N) is 2. The van der Waals surface area contributed by atoms with E-state index in [1.165, 1.54) is 0 Å². The molecule has 0 radical (unpaired) electrons. The van der Waals surface area contributed by atoms with Crippen LogP contribution in [0.4, 0.5) is 0 Å². The lowest BCUT2D eigenvalue weighted by molar-refractivity contribution is 0.614. The normalized spacial score (nSPS) is 12.1. The molecule has 0 spiro atoms. The van der Waals surface area contributed by atoms with Crippen LogP contribution in [-0.2, 0) is 0 Å². The molecule has 0 unspecified atom stereocenters. The van der Waals surface area contributed by atoms with Gasteiger partial charge in [-0.1, -0.05) is 48.5 Å². The third-order valence-electron chi connectivity index (χ3n) is 8.36. The predicted octanol–water partition coefficient (Wildman–Crippen LogP) is 10.8. The number of furan rings is 2. The van der Waals surface area contributed by atoms with Gasteiger partial charge in [-0.05, 0) is 83.9 Å². The average molecular weight is 569 g/mol. The fourth-order valence-corrected chi connectivity index (χ4v) is 6.17. The fourth-order valence-electron chi connectivity index (χ4n) is 6.17. The van der Waals surface area contributed by atoms with Gasteiger partial charge in [0, 0.05) is 32.7 Å². The van der Waals surface area contributed by atoms with E-state index in [2.05, 4.69) is 36.4 Å². The number of oxazole rings is 2. The Kier molecular flexibility index (Phi) is 4.63. The summed E-state index contributed by atoms with van der Waals surface area (Å²) in [5, 5.41) is 4.30. The zero-order valence-electron chi connectivity index (χ0n) is 23.1. The lowest BCUT2D eigenvalue weighted by Gasteiger charge is -2.01. The van der Waals surface area contributed by atoms with Gasteiger partial charge in [0.2, 0.25) is 11.8 Å². The molecule has 4 aromatic heterocycles. The van der Waals surface area contributed by atoms with E-state index in [1.54, 1.807) is 0 Å². The van der Waals surface area contributed by atoms with Crippen LogP contribution in [0.3, 0.4) is 0 Å². The van der Waals surface area contributed by atoms with Gasteiger partial charge in [-0.2, -0.15) is 0 Å². The van der Waals surface area contributed by atoms with Crippen LogP contribution in [0, 0.1) is 0 Å². The Morgan fingerprint density at radius 2 is 0.750 bits per heavy atom. The smallest absolute Gasteiger partial charge is 0.227 e. The Labute approximate surface area is 248 Å². The first-order valence-electron chi connectivity index (χ1n) is 14.4. The van der Waals surface area contributed by atoms with Crippen LogP contribution in [0.2, 0.25) is 0 Å². The Morgan fingerprint density at radius 3 is 1.39 bits per heavy atom. The summed E-state index contributed by atoms with van der Waals surface area (Å²) < 4.78 is 24.5. The molecule has 0 aliphatic carbocycles. The topological polar surface area (TPSA) is 78.3 Å². The highest BCUT2D eigenvalue weighted by molar-refractivity contribution is 6.07. The maximum atomic E-state index is 6.28. The molecular formula is C38H20N2O4. The average Bonchev–Trinajstić information content (AvgIpc) is 3.85. The van der Waals surface area contributed by atoms with Crippen molar-refractivity contribution in [2.24, 2.45) is 0 Å². The highest BCUT2D eigenvalue weighted by Crippen LogP contribution is 2.36. The molecule has 0 aliphatic heterocycles. The van der Waals surface area contributed by atoms with Crippen molar-refractivity contribution in [2.45, 2.75) is 0 Å². The number of rotatable bonds is 3. The summed E-state index contributed by atoms with van der Waals surface area (Å²) in [5.74, 6) is 1.08. The summed E-state index contributed by atoms with van der Waals surface area (Å²) >= 11 is 0. The fraction of sp³-hybridized carbons (Fsp3) is 0. The zero-order valence-corrected chi connectivity index (χ0v) is 23.1. The predicted molar refractivity (Wildman–Crippen MR) is 172 cm³/mol. The maximum Gasteiger partial charge on any atom is 0.227 e. The first-order valence-corrected chi connectivity index (χ1v) is 14.4. The van der Waals surface area contributed by atoms with E-state index in [9.17, 15) is 0 Å². The van der Waals surface area contributed by atoms with Crippen molar-refractivity contribution in [3.8, 4) is 34.0 Å². The molecule has 44 heavy (non-hydrogen) atoms. The monoisotopic (exact) mass is 568 g/mol. The molecule has 6 aromatic carbocycles. The molecule has 0 saturated carbocycles. The van der Waals surface area contributed by atoms with E-state index >= 15 is 0 Å². The lowest BCUT2D eigenvalue weighted by Crippen LogP contribution is -1.78. The van der Waals surface area contributed by atoms with Crippen molar-refractivity contribution in [3.63, 3.8) is 0 Å². The molecule has 6 nitrogen and oxygen atoms in total. The van der Waals surface area contributed by atoms with Crippen molar-refractivity contribution < 1.29 is 17.7 Å². The molecule has 0 atom stereocenters. The summed E-state index contributed by atoms with van der Waals surface area (Å²) in [4.78, 5) is 9.53. The molecule has 10 aromatic rings. The number of hydrogen-bond acceptors (Lipinski definition) is 6. The largest absolute Gasteiger partial charge is 0.456 e. The number of fused-ring (bicyclic) bond motifs is 8. The minimum absolute atomic E-state index is 0.527. The summed E-state index contributed by atoms with van der Waals surface area (Å²) in [6.07, 6.45) is 0. The van der Waals surface area contributed by atoms with Crippen LogP contribution >= 0.6 is 0 Å². The van der Waals surface area contributed by atoms with Crippen molar-refractivity contribution in [1.29, 1.82) is 0 Å². The van der Waals surface area contributed by atoms with Crippen molar-refractivity contribution in [3.05, 3.63) is 121 Å². The van der Waals surface area contributed by atoms with E-state index in [4.69, 9.17) is 27.6 Å². The van der Waals surface area contributed by atoms with Gasteiger partial charge in [0.25, 0.3) is 0 Å². The van der Waals surface area contributed by atoms with Gasteiger partial charge in [0.1, 0.15) is 33.4 Å². The number of benzene rings is 6. The number of hydrogen-bond donors (Lipinski definition) is 0.